The smallest absolute Gasteiger partial charge is 0.263 e. The molecule has 0 aliphatic carbocycles. The van der Waals surface area contributed by atoms with E-state index in [1.54, 1.807) is 36.4 Å². The fourth-order valence-corrected chi connectivity index (χ4v) is 5.59. The summed E-state index contributed by atoms with van der Waals surface area (Å²) in [6.07, 6.45) is 1.55. The second-order valence-corrected chi connectivity index (χ2v) is 10.4. The molecule has 2 aliphatic rings. The second-order valence-electron chi connectivity index (χ2n) is 8.73. The molecule has 2 aromatic carbocycles. The van der Waals surface area contributed by atoms with E-state index in [0.717, 1.165) is 25.1 Å². The fourth-order valence-electron chi connectivity index (χ4n) is 4.35. The lowest BCUT2D eigenvalue weighted by atomic mass is 9.98. The first-order valence-corrected chi connectivity index (χ1v) is 13.1. The Labute approximate surface area is 201 Å². The van der Waals surface area contributed by atoms with Crippen LogP contribution in [0.1, 0.15) is 37.8 Å². The zero-order valence-electron chi connectivity index (χ0n) is 19.4. The molecule has 4 rings (SSSR count). The minimum Gasteiger partial charge on any atom is -0.370 e. The van der Waals surface area contributed by atoms with Crippen LogP contribution in [0.15, 0.2) is 58.4 Å². The van der Waals surface area contributed by atoms with Gasteiger partial charge in [-0.3, -0.25) is 14.5 Å². The van der Waals surface area contributed by atoms with Crippen LogP contribution >= 0.6 is 0 Å². The van der Waals surface area contributed by atoms with Crippen LogP contribution in [0.3, 0.4) is 0 Å². The molecule has 2 aliphatic heterocycles. The van der Waals surface area contributed by atoms with Crippen LogP contribution in [0.25, 0.3) is 0 Å². The Morgan fingerprint density at radius 2 is 1.85 bits per heavy atom. The van der Waals surface area contributed by atoms with Crippen molar-refractivity contribution < 1.29 is 13.2 Å². The summed E-state index contributed by atoms with van der Waals surface area (Å²) in [5.74, 6) is 0.116. The van der Waals surface area contributed by atoms with Crippen LogP contribution in [0.5, 0.6) is 0 Å². The average Bonchev–Trinajstić information content (AvgIpc) is 3.00. The van der Waals surface area contributed by atoms with Gasteiger partial charge in [0.2, 0.25) is 5.91 Å². The molecule has 0 bridgehead atoms. The van der Waals surface area contributed by atoms with Gasteiger partial charge in [0, 0.05) is 37.4 Å². The maximum absolute atomic E-state index is 13.6. The minimum absolute atomic E-state index is 0.0462. The highest BCUT2D eigenvalue weighted by Gasteiger charge is 2.34. The van der Waals surface area contributed by atoms with E-state index in [0.29, 0.717) is 30.8 Å². The molecule has 2 aromatic rings. The number of sulfonamides is 1. The number of nitrogens with zero attached hydrogens (tertiary/aromatic N) is 4. The van der Waals surface area contributed by atoms with Crippen molar-refractivity contribution in [1.29, 1.82) is 5.26 Å². The van der Waals surface area contributed by atoms with E-state index in [9.17, 15) is 13.2 Å². The van der Waals surface area contributed by atoms with Gasteiger partial charge in [0.1, 0.15) is 11.9 Å². The van der Waals surface area contributed by atoms with Crippen molar-refractivity contribution in [3.05, 3.63) is 59.7 Å². The van der Waals surface area contributed by atoms with Gasteiger partial charge < -0.3 is 9.80 Å². The van der Waals surface area contributed by atoms with Gasteiger partial charge in [0.15, 0.2) is 0 Å². The molecule has 1 N–H and O–H groups in total. The molecule has 1 fully saturated rings. The van der Waals surface area contributed by atoms with Crippen molar-refractivity contribution in [2.45, 2.75) is 37.6 Å². The molecule has 0 spiro atoms. The number of benzene rings is 2. The Kier molecular flexibility index (Phi) is 6.89. The topological polar surface area (TPSA) is 106 Å². The average molecular weight is 480 g/mol. The Hall–Kier alpha value is -3.38. The molecule has 2 heterocycles. The molecule has 2 atom stereocenters. The summed E-state index contributed by atoms with van der Waals surface area (Å²) < 4.78 is 27.5. The van der Waals surface area contributed by atoms with Crippen molar-refractivity contribution in [3.8, 4) is 6.07 Å². The summed E-state index contributed by atoms with van der Waals surface area (Å²) in [5, 5.41) is 9.03. The molecule has 0 saturated carbocycles. The number of hydrogen-bond acceptors (Lipinski definition) is 6. The van der Waals surface area contributed by atoms with Crippen LogP contribution in [-0.4, -0.2) is 57.3 Å². The zero-order valence-corrected chi connectivity index (χ0v) is 20.3. The number of hydrogen-bond donors (Lipinski definition) is 1. The van der Waals surface area contributed by atoms with Gasteiger partial charge in [-0.05, 0) is 48.7 Å². The first kappa shape index (κ1) is 23.8. The number of nitrogens with one attached hydrogen (secondary N) is 1. The molecule has 1 saturated heterocycles. The number of anilines is 1. The highest BCUT2D eigenvalue weighted by molar-refractivity contribution is 7.90. The molecule has 0 aromatic heterocycles. The van der Waals surface area contributed by atoms with E-state index in [2.05, 4.69) is 20.7 Å². The van der Waals surface area contributed by atoms with Gasteiger partial charge in [-0.2, -0.15) is 5.26 Å². The third-order valence-corrected chi connectivity index (χ3v) is 7.93. The quantitative estimate of drug-likeness (QED) is 0.710. The molecule has 178 valence electrons. The predicted molar refractivity (Wildman–Crippen MR) is 131 cm³/mol. The Balaban J connectivity index is 1.54. The summed E-state index contributed by atoms with van der Waals surface area (Å²) in [6.45, 7) is 6.64. The van der Waals surface area contributed by atoms with Gasteiger partial charge in [0.25, 0.3) is 10.0 Å². The molecular formula is C25H29N5O3S. The third kappa shape index (κ3) is 4.77. The SMILES string of the molecule is CC[C@H](C)[C@H](N=C1NS(=O)(=O)c2ccccc21)C(=O)N1CCCN(c2ccc(C#N)cc2)CC1. The van der Waals surface area contributed by atoms with E-state index < -0.39 is 16.1 Å². The van der Waals surface area contributed by atoms with Crippen LogP contribution in [0, 0.1) is 17.2 Å². The number of nitriles is 1. The number of aliphatic imine (C=N–C) groups is 1. The van der Waals surface area contributed by atoms with Crippen molar-refractivity contribution in [3.63, 3.8) is 0 Å². The van der Waals surface area contributed by atoms with E-state index >= 15 is 0 Å². The molecular weight excluding hydrogens is 450 g/mol. The van der Waals surface area contributed by atoms with E-state index in [1.807, 2.05) is 30.9 Å². The molecule has 1 amide bonds. The highest BCUT2D eigenvalue weighted by Crippen LogP contribution is 2.25. The van der Waals surface area contributed by atoms with Gasteiger partial charge >= 0.3 is 0 Å². The molecule has 0 unspecified atom stereocenters. The van der Waals surface area contributed by atoms with Crippen molar-refractivity contribution in [2.24, 2.45) is 10.9 Å². The summed E-state index contributed by atoms with van der Waals surface area (Å²) in [7, 11) is -3.66. The minimum atomic E-state index is -3.66. The van der Waals surface area contributed by atoms with Crippen molar-refractivity contribution in [1.82, 2.24) is 9.62 Å². The normalized spacial score (nSPS) is 20.1. The Bertz CT molecular complexity index is 1230. The molecule has 8 nitrogen and oxygen atoms in total. The number of fused-ring (bicyclic) bond motifs is 1. The van der Waals surface area contributed by atoms with Crippen LogP contribution < -0.4 is 9.62 Å². The van der Waals surface area contributed by atoms with Gasteiger partial charge in [-0.15, -0.1) is 0 Å². The van der Waals surface area contributed by atoms with Crippen LogP contribution in [-0.2, 0) is 14.8 Å². The van der Waals surface area contributed by atoms with E-state index in [4.69, 9.17) is 5.26 Å². The zero-order chi connectivity index (χ0) is 24.3. The van der Waals surface area contributed by atoms with Crippen molar-refractivity contribution in [2.75, 3.05) is 31.1 Å². The highest BCUT2D eigenvalue weighted by atomic mass is 32.2. The fraction of sp³-hybridized carbons (Fsp3) is 0.400. The summed E-state index contributed by atoms with van der Waals surface area (Å²) in [6, 6.07) is 15.7. The van der Waals surface area contributed by atoms with Crippen molar-refractivity contribution >= 4 is 27.5 Å². The lowest BCUT2D eigenvalue weighted by Crippen LogP contribution is -2.44. The maximum atomic E-state index is 13.6. The number of amidine groups is 1. The number of rotatable bonds is 5. The summed E-state index contributed by atoms with van der Waals surface area (Å²) >= 11 is 0. The summed E-state index contributed by atoms with van der Waals surface area (Å²) in [4.78, 5) is 22.6. The standard InChI is InChI=1S/C25H29N5O3S/c1-3-18(2)23(27-24-21-7-4-5-8-22(21)34(32,33)28-24)25(31)30-14-6-13-29(15-16-30)20-11-9-19(17-26)10-12-20/h4-5,7-12,18,23H,3,6,13-16H2,1-2H3,(H,27,28)/t18-,23-/m0/s1. The second kappa shape index (κ2) is 9.85. The van der Waals surface area contributed by atoms with Gasteiger partial charge in [-0.1, -0.05) is 32.4 Å². The van der Waals surface area contributed by atoms with Gasteiger partial charge in [0.05, 0.1) is 16.5 Å². The maximum Gasteiger partial charge on any atom is 0.263 e. The number of carbonyl (C=O) groups excluding carboxylic acids is 1. The number of amides is 1. The lowest BCUT2D eigenvalue weighted by Gasteiger charge is -2.28. The Morgan fingerprint density at radius 1 is 1.12 bits per heavy atom. The van der Waals surface area contributed by atoms with E-state index in [1.165, 1.54) is 0 Å². The van der Waals surface area contributed by atoms with Crippen LogP contribution in [0.2, 0.25) is 0 Å². The molecule has 9 heteroatoms. The number of carbonyl (C=O) groups is 1. The molecule has 0 radical (unpaired) electrons. The first-order valence-electron chi connectivity index (χ1n) is 11.6. The Morgan fingerprint density at radius 3 is 2.56 bits per heavy atom. The third-order valence-electron chi connectivity index (χ3n) is 6.54. The lowest BCUT2D eigenvalue weighted by molar-refractivity contribution is -0.133. The monoisotopic (exact) mass is 479 g/mol. The van der Waals surface area contributed by atoms with Crippen LogP contribution in [0.4, 0.5) is 5.69 Å². The molecule has 34 heavy (non-hydrogen) atoms. The van der Waals surface area contributed by atoms with E-state index in [-0.39, 0.29) is 22.6 Å². The largest absolute Gasteiger partial charge is 0.370 e. The predicted octanol–water partition coefficient (Wildman–Crippen LogP) is 2.75. The summed E-state index contributed by atoms with van der Waals surface area (Å²) in [5.41, 5.74) is 2.16. The first-order chi connectivity index (χ1) is 16.3. The van der Waals surface area contributed by atoms with Gasteiger partial charge in [-0.25, -0.2) is 8.42 Å².